The van der Waals surface area contributed by atoms with Crippen molar-refractivity contribution in [3.05, 3.63) is 59.5 Å². The molecule has 2 aromatic carbocycles. The average molecular weight is 325 g/mol. The van der Waals surface area contributed by atoms with Crippen molar-refractivity contribution in [2.45, 2.75) is 6.61 Å². The summed E-state index contributed by atoms with van der Waals surface area (Å²) in [5, 5.41) is 15.6. The van der Waals surface area contributed by atoms with Crippen molar-refractivity contribution < 1.29 is 5.11 Å². The third-order valence-electron chi connectivity index (χ3n) is 3.60. The van der Waals surface area contributed by atoms with Gasteiger partial charge in [-0.2, -0.15) is 0 Å². The van der Waals surface area contributed by atoms with Gasteiger partial charge in [0.05, 0.1) is 12.3 Å². The number of anilines is 3. The van der Waals surface area contributed by atoms with Crippen LogP contribution in [0.25, 0.3) is 11.3 Å². The van der Waals surface area contributed by atoms with Gasteiger partial charge in [-0.25, -0.2) is 4.98 Å². The van der Waals surface area contributed by atoms with E-state index in [9.17, 15) is 5.11 Å². The molecule has 3 rings (SSSR count). The minimum atomic E-state index is 0.0163. The number of aliphatic hydroxyl groups is 1. The first kappa shape index (κ1) is 15.5. The molecule has 23 heavy (non-hydrogen) atoms. The largest absolute Gasteiger partial charge is 0.392 e. The van der Waals surface area contributed by atoms with Crippen molar-refractivity contribution in [1.29, 1.82) is 0 Å². The zero-order chi connectivity index (χ0) is 16.2. The third kappa shape index (κ3) is 3.52. The Hall–Kier alpha value is -2.37. The van der Waals surface area contributed by atoms with E-state index in [1.54, 1.807) is 11.3 Å². The maximum Gasteiger partial charge on any atom is 0.187 e. The number of hydrogen-bond acceptors (Lipinski definition) is 5. The second-order valence-corrected chi connectivity index (χ2v) is 6.28. The third-order valence-corrected chi connectivity index (χ3v) is 4.36. The standard InChI is InChI=1S/C18H19N3OS/c1-21(2)15-9-7-14(8-10-15)19-18-20-17(12-23-18)16-6-4-3-5-13(16)11-22/h3-10,12,22H,11H2,1-2H3,(H,19,20). The lowest BCUT2D eigenvalue weighted by Crippen LogP contribution is -2.08. The molecule has 1 heterocycles. The van der Waals surface area contributed by atoms with E-state index in [0.29, 0.717) is 0 Å². The Labute approximate surface area is 140 Å². The summed E-state index contributed by atoms with van der Waals surface area (Å²) in [6.07, 6.45) is 0. The minimum Gasteiger partial charge on any atom is -0.392 e. The molecule has 0 bridgehead atoms. The molecule has 0 spiro atoms. The van der Waals surface area contributed by atoms with Crippen LogP contribution in [0.5, 0.6) is 0 Å². The summed E-state index contributed by atoms with van der Waals surface area (Å²) in [4.78, 5) is 6.69. The minimum absolute atomic E-state index is 0.0163. The van der Waals surface area contributed by atoms with Crippen molar-refractivity contribution in [3.63, 3.8) is 0 Å². The Morgan fingerprint density at radius 2 is 1.83 bits per heavy atom. The highest BCUT2D eigenvalue weighted by Crippen LogP contribution is 2.29. The molecule has 2 N–H and O–H groups in total. The van der Waals surface area contributed by atoms with Gasteiger partial charge in [0, 0.05) is 36.4 Å². The van der Waals surface area contributed by atoms with Crippen molar-refractivity contribution in [1.82, 2.24) is 4.98 Å². The van der Waals surface area contributed by atoms with Gasteiger partial charge in [0.15, 0.2) is 5.13 Å². The highest BCUT2D eigenvalue weighted by molar-refractivity contribution is 7.14. The lowest BCUT2D eigenvalue weighted by atomic mass is 10.1. The molecule has 0 radical (unpaired) electrons. The van der Waals surface area contributed by atoms with Crippen molar-refractivity contribution in [2.75, 3.05) is 24.3 Å². The second-order valence-electron chi connectivity index (χ2n) is 5.42. The van der Waals surface area contributed by atoms with Crippen LogP contribution in [0, 0.1) is 0 Å². The average Bonchev–Trinajstić information content (AvgIpc) is 3.03. The van der Waals surface area contributed by atoms with Gasteiger partial charge in [0.2, 0.25) is 0 Å². The molecule has 4 nitrogen and oxygen atoms in total. The fraction of sp³-hybridized carbons (Fsp3) is 0.167. The maximum atomic E-state index is 9.45. The molecule has 0 saturated heterocycles. The Morgan fingerprint density at radius 1 is 1.09 bits per heavy atom. The summed E-state index contributed by atoms with van der Waals surface area (Å²) in [5.74, 6) is 0. The van der Waals surface area contributed by atoms with Crippen LogP contribution in [-0.2, 0) is 6.61 Å². The molecule has 0 unspecified atom stereocenters. The van der Waals surface area contributed by atoms with E-state index in [4.69, 9.17) is 0 Å². The highest BCUT2D eigenvalue weighted by atomic mass is 32.1. The number of thiazole rings is 1. The monoisotopic (exact) mass is 325 g/mol. The molecule has 0 amide bonds. The first-order valence-electron chi connectivity index (χ1n) is 7.36. The fourth-order valence-electron chi connectivity index (χ4n) is 2.33. The molecule has 118 valence electrons. The molecule has 3 aromatic rings. The van der Waals surface area contributed by atoms with Gasteiger partial charge in [0.25, 0.3) is 0 Å². The van der Waals surface area contributed by atoms with E-state index in [-0.39, 0.29) is 6.61 Å². The Morgan fingerprint density at radius 3 is 2.52 bits per heavy atom. The number of aromatic nitrogens is 1. The summed E-state index contributed by atoms with van der Waals surface area (Å²) in [7, 11) is 4.04. The van der Waals surface area contributed by atoms with Crippen LogP contribution in [0.15, 0.2) is 53.9 Å². The topological polar surface area (TPSA) is 48.4 Å². The van der Waals surface area contributed by atoms with Crippen LogP contribution in [0.3, 0.4) is 0 Å². The van der Waals surface area contributed by atoms with E-state index >= 15 is 0 Å². The lowest BCUT2D eigenvalue weighted by molar-refractivity contribution is 0.282. The summed E-state index contributed by atoms with van der Waals surface area (Å²) in [6.45, 7) is 0.0163. The zero-order valence-corrected chi connectivity index (χ0v) is 14.0. The van der Waals surface area contributed by atoms with Crippen LogP contribution in [-0.4, -0.2) is 24.2 Å². The van der Waals surface area contributed by atoms with Crippen molar-refractivity contribution in [3.8, 4) is 11.3 Å². The molecule has 0 aliphatic rings. The van der Waals surface area contributed by atoms with E-state index in [2.05, 4.69) is 27.3 Å². The molecule has 1 aromatic heterocycles. The molecular formula is C18H19N3OS. The van der Waals surface area contributed by atoms with Crippen LogP contribution in [0.2, 0.25) is 0 Å². The van der Waals surface area contributed by atoms with Crippen LogP contribution < -0.4 is 10.2 Å². The van der Waals surface area contributed by atoms with Gasteiger partial charge in [-0.15, -0.1) is 11.3 Å². The normalized spacial score (nSPS) is 10.6. The number of rotatable bonds is 5. The van der Waals surface area contributed by atoms with Gasteiger partial charge in [-0.05, 0) is 29.8 Å². The first-order valence-corrected chi connectivity index (χ1v) is 8.24. The number of hydrogen-bond donors (Lipinski definition) is 2. The van der Waals surface area contributed by atoms with Gasteiger partial charge >= 0.3 is 0 Å². The summed E-state index contributed by atoms with van der Waals surface area (Å²) in [6, 6.07) is 16.0. The van der Waals surface area contributed by atoms with Gasteiger partial charge in [-0.1, -0.05) is 24.3 Å². The Balaban J connectivity index is 1.79. The van der Waals surface area contributed by atoms with E-state index in [1.165, 1.54) is 0 Å². The molecular weight excluding hydrogens is 306 g/mol. The van der Waals surface area contributed by atoms with Crippen LogP contribution >= 0.6 is 11.3 Å². The van der Waals surface area contributed by atoms with Gasteiger partial charge < -0.3 is 15.3 Å². The number of aliphatic hydroxyl groups excluding tert-OH is 1. The van der Waals surface area contributed by atoms with Gasteiger partial charge in [0.1, 0.15) is 0 Å². The van der Waals surface area contributed by atoms with E-state index in [1.807, 2.05) is 55.9 Å². The molecule has 0 atom stereocenters. The lowest BCUT2D eigenvalue weighted by Gasteiger charge is -2.12. The molecule has 0 aliphatic heterocycles. The molecule has 0 saturated carbocycles. The number of nitrogens with zero attached hydrogens (tertiary/aromatic N) is 2. The summed E-state index contributed by atoms with van der Waals surface area (Å²) >= 11 is 1.55. The van der Waals surface area contributed by atoms with Crippen molar-refractivity contribution >= 4 is 27.8 Å². The van der Waals surface area contributed by atoms with Crippen LogP contribution in [0.4, 0.5) is 16.5 Å². The number of benzene rings is 2. The molecule has 5 heteroatoms. The smallest absolute Gasteiger partial charge is 0.187 e. The first-order chi connectivity index (χ1) is 11.2. The fourth-order valence-corrected chi connectivity index (χ4v) is 3.06. The highest BCUT2D eigenvalue weighted by Gasteiger charge is 2.08. The second kappa shape index (κ2) is 6.81. The van der Waals surface area contributed by atoms with Crippen LogP contribution in [0.1, 0.15) is 5.56 Å². The predicted molar refractivity (Wildman–Crippen MR) is 97.5 cm³/mol. The quantitative estimate of drug-likeness (QED) is 0.741. The predicted octanol–water partition coefficient (Wildman–Crippen LogP) is 4.11. The van der Waals surface area contributed by atoms with Crippen molar-refractivity contribution in [2.24, 2.45) is 0 Å². The van der Waals surface area contributed by atoms with E-state index in [0.717, 1.165) is 33.3 Å². The molecule has 0 fully saturated rings. The van der Waals surface area contributed by atoms with Gasteiger partial charge in [-0.3, -0.25) is 0 Å². The Bertz CT molecular complexity index is 781. The maximum absolute atomic E-state index is 9.45. The number of nitrogens with one attached hydrogen (secondary N) is 1. The molecule has 0 aliphatic carbocycles. The summed E-state index contributed by atoms with van der Waals surface area (Å²) in [5.41, 5.74) is 4.91. The SMILES string of the molecule is CN(C)c1ccc(Nc2nc(-c3ccccc3CO)cs2)cc1. The summed E-state index contributed by atoms with van der Waals surface area (Å²) < 4.78 is 0. The zero-order valence-electron chi connectivity index (χ0n) is 13.2. The Kier molecular flexibility index (Phi) is 4.60. The van der Waals surface area contributed by atoms with E-state index < -0.39 is 0 Å².